The van der Waals surface area contributed by atoms with Crippen LogP contribution >= 0.6 is 23.2 Å². The van der Waals surface area contributed by atoms with E-state index < -0.39 is 5.02 Å². The van der Waals surface area contributed by atoms with Gasteiger partial charge in [0.25, 0.3) is 0 Å². The molecule has 0 N–H and O–H groups in total. The summed E-state index contributed by atoms with van der Waals surface area (Å²) in [6, 6.07) is 0. The van der Waals surface area contributed by atoms with E-state index in [0.717, 1.165) is 0 Å². The first-order chi connectivity index (χ1) is 3.63. The zero-order chi connectivity index (χ0) is 6.57. The molecule has 4 heteroatoms. The van der Waals surface area contributed by atoms with Crippen molar-refractivity contribution in [3.05, 3.63) is 0 Å². The monoisotopic (exact) mass is 156 g/mol. The number of hydrogen-bond donors (Lipinski definition) is 0. The quantitative estimate of drug-likeness (QED) is 0.578. The lowest BCUT2D eigenvalue weighted by atomic mass is 10.5. The molecule has 0 unspecified atom stereocenters. The Morgan fingerprint density at radius 1 is 1.75 bits per heavy atom. The lowest BCUT2D eigenvalue weighted by Gasteiger charge is -1.98. The first kappa shape index (κ1) is 8.21. The topological polar surface area (TPSA) is 26.3 Å². The number of ketones is 1. The minimum atomic E-state index is -0.890. The Kier molecular flexibility index (Phi) is 4.23. The maximum atomic E-state index is 10.1. The van der Waals surface area contributed by atoms with E-state index in [1.54, 1.807) is 0 Å². The Hall–Kier alpha value is 0.210. The molecule has 0 aromatic carbocycles. The van der Waals surface area contributed by atoms with Crippen LogP contribution < -0.4 is 0 Å². The minimum absolute atomic E-state index is 0.0162. The van der Waals surface area contributed by atoms with Crippen molar-refractivity contribution >= 4 is 29.0 Å². The van der Waals surface area contributed by atoms with Gasteiger partial charge in [0.15, 0.2) is 5.78 Å². The summed E-state index contributed by atoms with van der Waals surface area (Å²) < 4.78 is 4.48. The van der Waals surface area contributed by atoms with Crippen molar-refractivity contribution in [2.75, 3.05) is 6.61 Å². The molecule has 8 heavy (non-hydrogen) atoms. The second kappa shape index (κ2) is 4.13. The summed E-state index contributed by atoms with van der Waals surface area (Å²) in [4.78, 5) is 10.1. The number of rotatable bonds is 3. The fourth-order valence-corrected chi connectivity index (χ4v) is 0.306. The van der Waals surface area contributed by atoms with Crippen molar-refractivity contribution in [1.29, 1.82) is 0 Å². The van der Waals surface area contributed by atoms with Gasteiger partial charge in [0.2, 0.25) is 5.02 Å². The van der Waals surface area contributed by atoms with Crippen LogP contribution in [0.1, 0.15) is 6.92 Å². The Balaban J connectivity index is 3.05. The highest BCUT2D eigenvalue weighted by molar-refractivity contribution is 6.43. The average molecular weight is 157 g/mol. The van der Waals surface area contributed by atoms with E-state index in [4.69, 9.17) is 23.2 Å². The second-order valence-electron chi connectivity index (χ2n) is 1.27. The van der Waals surface area contributed by atoms with Gasteiger partial charge in [0.05, 0.1) is 0 Å². The maximum absolute atomic E-state index is 10.1. The van der Waals surface area contributed by atoms with Gasteiger partial charge in [-0.15, -0.1) is 0 Å². The third-order valence-corrected chi connectivity index (χ3v) is 0.665. The third-order valence-electron chi connectivity index (χ3n) is 0.413. The molecule has 48 valence electrons. The van der Waals surface area contributed by atoms with Crippen LogP contribution in [0.2, 0.25) is 0 Å². The van der Waals surface area contributed by atoms with E-state index in [-0.39, 0.29) is 12.4 Å². The number of hydrogen-bond acceptors (Lipinski definition) is 2. The number of alkyl halides is 2. The third kappa shape index (κ3) is 6.21. The van der Waals surface area contributed by atoms with Crippen molar-refractivity contribution in [1.82, 2.24) is 0 Å². The van der Waals surface area contributed by atoms with E-state index in [0.29, 0.717) is 0 Å². The van der Waals surface area contributed by atoms with Gasteiger partial charge in [-0.05, 0) is 6.92 Å². The molecule has 0 aromatic heterocycles. The van der Waals surface area contributed by atoms with E-state index >= 15 is 0 Å². The number of Topliss-reactive ketones (excluding diaryl/α,β-unsaturated/α-hetero) is 1. The smallest absolute Gasteiger partial charge is 0.207 e. The van der Waals surface area contributed by atoms with Gasteiger partial charge in [0, 0.05) is 0 Å². The van der Waals surface area contributed by atoms with Crippen LogP contribution in [0.15, 0.2) is 0 Å². The summed E-state index contributed by atoms with van der Waals surface area (Å²) in [6.07, 6.45) is 0. The predicted molar refractivity (Wildman–Crippen MR) is 32.1 cm³/mol. The number of halogens is 2. The molecular weight excluding hydrogens is 151 g/mol. The summed E-state index contributed by atoms with van der Waals surface area (Å²) in [5, 5.41) is -0.890. The normalized spacial score (nSPS) is 10.0. The summed E-state index contributed by atoms with van der Waals surface area (Å²) in [6.45, 7) is 1.38. The molecule has 0 bridgehead atoms. The molecule has 0 aliphatic carbocycles. The van der Waals surface area contributed by atoms with Gasteiger partial charge in [-0.2, -0.15) is 0 Å². The Morgan fingerprint density at radius 3 is 2.38 bits per heavy atom. The van der Waals surface area contributed by atoms with E-state index in [1.807, 2.05) is 0 Å². The van der Waals surface area contributed by atoms with Crippen molar-refractivity contribution in [2.24, 2.45) is 0 Å². The zero-order valence-electron chi connectivity index (χ0n) is 4.36. The number of ether oxygens (including phenoxy) is 1. The average Bonchev–Trinajstić information content (AvgIpc) is 1.61. The van der Waals surface area contributed by atoms with Crippen LogP contribution in [0.5, 0.6) is 0 Å². The second-order valence-corrected chi connectivity index (χ2v) is 2.29. The predicted octanol–water partition coefficient (Wildman–Crippen LogP) is 1.35. The molecule has 0 heterocycles. The van der Waals surface area contributed by atoms with Gasteiger partial charge in [-0.3, -0.25) is 4.79 Å². The molecule has 0 fully saturated rings. The fourth-order valence-electron chi connectivity index (χ4n) is 0.180. The Labute approximate surface area is 57.7 Å². The molecule has 0 amide bonds. The van der Waals surface area contributed by atoms with E-state index in [9.17, 15) is 4.79 Å². The molecular formula is C4H6Cl2O2. The van der Waals surface area contributed by atoms with Crippen molar-refractivity contribution < 1.29 is 9.53 Å². The molecule has 0 saturated heterocycles. The van der Waals surface area contributed by atoms with Gasteiger partial charge >= 0.3 is 0 Å². The number of carbonyl (C=O) groups excluding carboxylic acids is 1. The molecule has 0 aromatic rings. The highest BCUT2D eigenvalue weighted by Crippen LogP contribution is 2.01. The van der Waals surface area contributed by atoms with Gasteiger partial charge in [0.1, 0.15) is 6.61 Å². The lowest BCUT2D eigenvalue weighted by molar-refractivity contribution is -0.121. The standard InChI is InChI=1S/C4H6Cl2O2/c1-3(7)2-8-4(5)6/h4H,2H2,1H3. The Bertz CT molecular complexity index is 82.1. The fraction of sp³-hybridized carbons (Fsp3) is 0.750. The van der Waals surface area contributed by atoms with Crippen LogP contribution in [0, 0.1) is 0 Å². The molecule has 0 rings (SSSR count). The summed E-state index contributed by atoms with van der Waals surface area (Å²) in [5.41, 5.74) is 0. The van der Waals surface area contributed by atoms with E-state index in [1.165, 1.54) is 6.92 Å². The van der Waals surface area contributed by atoms with Crippen molar-refractivity contribution in [3.63, 3.8) is 0 Å². The van der Waals surface area contributed by atoms with Crippen molar-refractivity contribution in [3.8, 4) is 0 Å². The van der Waals surface area contributed by atoms with Crippen LogP contribution in [0.25, 0.3) is 0 Å². The summed E-state index contributed by atoms with van der Waals surface area (Å²) in [5.74, 6) is -0.0868. The highest BCUT2D eigenvalue weighted by Gasteiger charge is 1.98. The van der Waals surface area contributed by atoms with Gasteiger partial charge < -0.3 is 4.74 Å². The molecule has 0 spiro atoms. The summed E-state index contributed by atoms with van der Waals surface area (Å²) in [7, 11) is 0. The molecule has 0 saturated carbocycles. The minimum Gasteiger partial charge on any atom is -0.341 e. The SMILES string of the molecule is CC(=O)COC(Cl)Cl. The summed E-state index contributed by atoms with van der Waals surface area (Å²) >= 11 is 10.2. The van der Waals surface area contributed by atoms with Crippen LogP contribution in [0.3, 0.4) is 0 Å². The first-order valence-corrected chi connectivity index (χ1v) is 2.89. The largest absolute Gasteiger partial charge is 0.341 e. The molecule has 0 radical (unpaired) electrons. The van der Waals surface area contributed by atoms with Crippen LogP contribution in [-0.4, -0.2) is 17.4 Å². The first-order valence-electron chi connectivity index (χ1n) is 2.02. The number of carbonyl (C=O) groups is 1. The van der Waals surface area contributed by atoms with Gasteiger partial charge in [-0.1, -0.05) is 23.2 Å². The molecule has 0 aliphatic rings. The van der Waals surface area contributed by atoms with Crippen LogP contribution in [0.4, 0.5) is 0 Å². The molecule has 2 nitrogen and oxygen atoms in total. The Morgan fingerprint density at radius 2 is 2.25 bits per heavy atom. The lowest BCUT2D eigenvalue weighted by Crippen LogP contribution is -2.06. The van der Waals surface area contributed by atoms with E-state index in [2.05, 4.69) is 4.74 Å². The van der Waals surface area contributed by atoms with Gasteiger partial charge in [-0.25, -0.2) is 0 Å². The zero-order valence-corrected chi connectivity index (χ0v) is 5.87. The molecule has 0 aliphatic heterocycles. The van der Waals surface area contributed by atoms with Crippen molar-refractivity contribution in [2.45, 2.75) is 11.9 Å². The maximum Gasteiger partial charge on any atom is 0.207 e. The van der Waals surface area contributed by atoms with Crippen LogP contribution in [-0.2, 0) is 9.53 Å². The molecule has 0 atom stereocenters. The highest BCUT2D eigenvalue weighted by atomic mass is 35.5.